The molecule has 6 rings (SSSR count). The third-order valence-corrected chi connectivity index (χ3v) is 10.9. The molecule has 5 saturated carbocycles. The summed E-state index contributed by atoms with van der Waals surface area (Å²) < 4.78 is 12.1. The van der Waals surface area contributed by atoms with Gasteiger partial charge in [-0.2, -0.15) is 0 Å². The number of ether oxygens (including phenoxy) is 2. The van der Waals surface area contributed by atoms with Crippen LogP contribution in [0.4, 0.5) is 0 Å². The Balaban J connectivity index is 1.59. The Morgan fingerprint density at radius 2 is 1.93 bits per heavy atom. The molecule has 28 heavy (non-hydrogen) atoms. The molecule has 1 aliphatic heterocycles. The van der Waals surface area contributed by atoms with Crippen molar-refractivity contribution in [1.29, 1.82) is 0 Å². The Kier molecular flexibility index (Phi) is 3.67. The monoisotopic (exact) mass is 391 g/mol. The molecule has 5 aliphatic carbocycles. The molecule has 6 aliphatic rings. The molecular formula is C23H37NO4. The summed E-state index contributed by atoms with van der Waals surface area (Å²) >= 11 is 0. The summed E-state index contributed by atoms with van der Waals surface area (Å²) in [5, 5.41) is 23.6. The fourth-order valence-corrected chi connectivity index (χ4v) is 10.4. The average Bonchev–Trinajstić information content (AvgIpc) is 3.10. The number of hydrogen-bond donors (Lipinski definition) is 2. The summed E-state index contributed by atoms with van der Waals surface area (Å²) in [6, 6.07) is 0.383. The lowest BCUT2D eigenvalue weighted by atomic mass is 9.43. The molecule has 0 aromatic carbocycles. The molecule has 158 valence electrons. The molecule has 5 nitrogen and oxygen atoms in total. The first kappa shape index (κ1) is 18.6. The molecule has 0 aromatic rings. The van der Waals surface area contributed by atoms with Crippen LogP contribution in [-0.2, 0) is 9.47 Å². The largest absolute Gasteiger partial charge is 0.392 e. The maximum Gasteiger partial charge on any atom is 0.0771 e. The number of hydrogen-bond acceptors (Lipinski definition) is 5. The van der Waals surface area contributed by atoms with Gasteiger partial charge in [0.15, 0.2) is 0 Å². The summed E-state index contributed by atoms with van der Waals surface area (Å²) in [7, 11) is 3.66. The van der Waals surface area contributed by atoms with E-state index in [0.29, 0.717) is 29.7 Å². The SMILES string of the molecule is CCN1C[C@]2(C)CC[C@H](OC)[C@@]34[C@@H]5C[C@@H]6[C@H](O)[C@@H]5[C@](O)(C[C@@H]6OC)[C@H](C[C@H]23)[C@@H]14. The minimum absolute atomic E-state index is 0.00745. The maximum absolute atomic E-state index is 12.3. The fourth-order valence-electron chi connectivity index (χ4n) is 10.4. The molecule has 0 unspecified atom stereocenters. The molecule has 1 spiro atoms. The van der Waals surface area contributed by atoms with Gasteiger partial charge >= 0.3 is 0 Å². The van der Waals surface area contributed by atoms with Crippen LogP contribution in [0, 0.1) is 40.4 Å². The van der Waals surface area contributed by atoms with E-state index in [4.69, 9.17) is 9.47 Å². The van der Waals surface area contributed by atoms with E-state index < -0.39 is 11.7 Å². The summed E-state index contributed by atoms with van der Waals surface area (Å²) in [6.45, 7) is 6.98. The minimum Gasteiger partial charge on any atom is -0.392 e. The Hall–Kier alpha value is -0.200. The van der Waals surface area contributed by atoms with Gasteiger partial charge in [-0.15, -0.1) is 0 Å². The Labute approximate surface area is 168 Å². The van der Waals surface area contributed by atoms with Gasteiger partial charge < -0.3 is 19.7 Å². The molecule has 7 bridgehead atoms. The van der Waals surface area contributed by atoms with Crippen LogP contribution in [0.2, 0.25) is 0 Å². The quantitative estimate of drug-likeness (QED) is 0.770. The van der Waals surface area contributed by atoms with Crippen LogP contribution >= 0.6 is 0 Å². The lowest BCUT2D eigenvalue weighted by Gasteiger charge is -2.69. The molecule has 1 heterocycles. The standard InChI is InChI=1S/C23H37NO4/c1-5-24-11-21(2)7-6-17(28-4)23-13-8-12-15(27-3)10-22(26,18(13)19(12)25)14(20(23)24)9-16(21)23/h12-20,25-26H,5-11H2,1-4H3/t12-,13+,14+,15-,16+,17-,18+,19-,20+,21-,22-,23+/m0/s1. The van der Waals surface area contributed by atoms with Crippen molar-refractivity contribution in [1.82, 2.24) is 4.90 Å². The second-order valence-electron chi connectivity index (χ2n) is 11.3. The van der Waals surface area contributed by atoms with Crippen LogP contribution in [0.3, 0.4) is 0 Å². The summed E-state index contributed by atoms with van der Waals surface area (Å²) in [5.41, 5.74) is -0.424. The predicted molar refractivity (Wildman–Crippen MR) is 105 cm³/mol. The summed E-state index contributed by atoms with van der Waals surface area (Å²) in [6.07, 6.45) is 4.90. The minimum atomic E-state index is -0.804. The van der Waals surface area contributed by atoms with E-state index in [1.165, 1.54) is 6.42 Å². The van der Waals surface area contributed by atoms with E-state index in [1.54, 1.807) is 7.11 Å². The van der Waals surface area contributed by atoms with E-state index in [1.807, 2.05) is 7.11 Å². The van der Waals surface area contributed by atoms with Crippen molar-refractivity contribution in [2.24, 2.45) is 40.4 Å². The molecule has 1 saturated heterocycles. The van der Waals surface area contributed by atoms with E-state index in [0.717, 1.165) is 32.4 Å². The fraction of sp³-hybridized carbons (Fsp3) is 1.00. The molecule has 12 atom stereocenters. The number of fused-ring (bicyclic) bond motifs is 2. The van der Waals surface area contributed by atoms with Crippen LogP contribution in [0.25, 0.3) is 0 Å². The van der Waals surface area contributed by atoms with E-state index in [-0.39, 0.29) is 35.4 Å². The zero-order chi connectivity index (χ0) is 19.6. The van der Waals surface area contributed by atoms with E-state index in [2.05, 4.69) is 18.7 Å². The normalized spacial score (nSPS) is 64.3. The van der Waals surface area contributed by atoms with Crippen LogP contribution in [-0.4, -0.2) is 72.4 Å². The average molecular weight is 392 g/mol. The van der Waals surface area contributed by atoms with E-state index >= 15 is 0 Å². The first-order valence-electron chi connectivity index (χ1n) is 11.6. The lowest BCUT2D eigenvalue weighted by Crippen LogP contribution is -2.75. The molecule has 0 radical (unpaired) electrons. The zero-order valence-corrected chi connectivity index (χ0v) is 17.8. The van der Waals surface area contributed by atoms with Gasteiger partial charge in [-0.3, -0.25) is 4.90 Å². The molecule has 2 N–H and O–H groups in total. The molecule has 0 aromatic heterocycles. The third-order valence-electron chi connectivity index (χ3n) is 10.9. The van der Waals surface area contributed by atoms with Crippen molar-refractivity contribution >= 4 is 0 Å². The van der Waals surface area contributed by atoms with Gasteiger partial charge in [0.2, 0.25) is 0 Å². The van der Waals surface area contributed by atoms with Crippen LogP contribution in [0.1, 0.15) is 46.0 Å². The number of likely N-dealkylation sites (tertiary alicyclic amines) is 1. The van der Waals surface area contributed by atoms with Gasteiger partial charge in [0.25, 0.3) is 0 Å². The Morgan fingerprint density at radius 3 is 2.61 bits per heavy atom. The van der Waals surface area contributed by atoms with Gasteiger partial charge in [0.1, 0.15) is 0 Å². The van der Waals surface area contributed by atoms with Crippen molar-refractivity contribution < 1.29 is 19.7 Å². The highest BCUT2D eigenvalue weighted by Gasteiger charge is 2.83. The van der Waals surface area contributed by atoms with Gasteiger partial charge in [-0.25, -0.2) is 0 Å². The van der Waals surface area contributed by atoms with Crippen LogP contribution in [0.5, 0.6) is 0 Å². The third kappa shape index (κ3) is 1.73. The number of aliphatic hydroxyl groups excluding tert-OH is 1. The smallest absolute Gasteiger partial charge is 0.0771 e. The zero-order valence-electron chi connectivity index (χ0n) is 17.8. The van der Waals surface area contributed by atoms with Crippen molar-refractivity contribution in [3.05, 3.63) is 0 Å². The highest BCUT2D eigenvalue weighted by Crippen LogP contribution is 2.78. The predicted octanol–water partition coefficient (Wildman–Crippen LogP) is 1.90. The van der Waals surface area contributed by atoms with Crippen molar-refractivity contribution in [2.75, 3.05) is 27.3 Å². The second-order valence-corrected chi connectivity index (χ2v) is 11.3. The first-order valence-corrected chi connectivity index (χ1v) is 11.6. The Morgan fingerprint density at radius 1 is 1.14 bits per heavy atom. The van der Waals surface area contributed by atoms with Gasteiger partial charge in [-0.05, 0) is 49.5 Å². The van der Waals surface area contributed by atoms with Crippen molar-refractivity contribution in [3.8, 4) is 0 Å². The van der Waals surface area contributed by atoms with E-state index in [9.17, 15) is 10.2 Å². The van der Waals surface area contributed by atoms with Crippen molar-refractivity contribution in [3.63, 3.8) is 0 Å². The lowest BCUT2D eigenvalue weighted by molar-refractivity contribution is -0.270. The van der Waals surface area contributed by atoms with Crippen molar-refractivity contribution in [2.45, 2.75) is 75.9 Å². The molecule has 0 amide bonds. The summed E-state index contributed by atoms with van der Waals surface area (Å²) in [5.74, 6) is 1.32. The number of nitrogens with zero attached hydrogens (tertiary/aromatic N) is 1. The van der Waals surface area contributed by atoms with Crippen LogP contribution in [0.15, 0.2) is 0 Å². The molecule has 5 heteroatoms. The number of rotatable bonds is 3. The number of methoxy groups -OCH3 is 2. The Bertz CT molecular complexity index is 688. The van der Waals surface area contributed by atoms with Gasteiger partial charge in [0, 0.05) is 56.4 Å². The molecule has 6 fully saturated rings. The second kappa shape index (κ2) is 5.53. The first-order chi connectivity index (χ1) is 13.4. The number of aliphatic hydroxyl groups is 2. The molecular weight excluding hydrogens is 354 g/mol. The topological polar surface area (TPSA) is 62.2 Å². The van der Waals surface area contributed by atoms with Crippen LogP contribution < -0.4 is 0 Å². The maximum atomic E-state index is 12.3. The highest BCUT2D eigenvalue weighted by molar-refractivity contribution is 5.32. The summed E-state index contributed by atoms with van der Waals surface area (Å²) in [4.78, 5) is 2.70. The highest BCUT2D eigenvalue weighted by atomic mass is 16.5. The van der Waals surface area contributed by atoms with Gasteiger partial charge in [0.05, 0.1) is 23.9 Å². The van der Waals surface area contributed by atoms with Gasteiger partial charge in [-0.1, -0.05) is 13.8 Å². The number of piperidine rings is 1.